The van der Waals surface area contributed by atoms with Crippen molar-refractivity contribution in [2.24, 2.45) is 0 Å². The molecule has 0 spiro atoms. The number of β-amino-alcohol motifs (C(OH)–C–C–N with tert-alkyl or cyclic N) is 1. The van der Waals surface area contributed by atoms with Gasteiger partial charge in [-0.3, -0.25) is 4.79 Å². The summed E-state index contributed by atoms with van der Waals surface area (Å²) in [6.45, 7) is 5.03. The van der Waals surface area contributed by atoms with Crippen molar-refractivity contribution >= 4 is 22.4 Å². The molecule has 0 aliphatic carbocycles. The molecule has 2 heterocycles. The van der Waals surface area contributed by atoms with Crippen LogP contribution in [0.3, 0.4) is 0 Å². The highest BCUT2D eigenvalue weighted by Crippen LogP contribution is 2.25. The number of nitrogen functional groups attached to an aromatic ring is 1. The van der Waals surface area contributed by atoms with Crippen LogP contribution in [0.1, 0.15) is 41.4 Å². The van der Waals surface area contributed by atoms with E-state index in [0.29, 0.717) is 28.9 Å². The summed E-state index contributed by atoms with van der Waals surface area (Å²) >= 11 is 1.16. The van der Waals surface area contributed by atoms with Crippen LogP contribution in [0, 0.1) is 0 Å². The quantitative estimate of drug-likeness (QED) is 0.873. The molecule has 0 bridgehead atoms. The van der Waals surface area contributed by atoms with Crippen molar-refractivity contribution in [1.82, 2.24) is 9.88 Å². The van der Waals surface area contributed by atoms with E-state index in [1.165, 1.54) is 11.8 Å². The Hall–Kier alpha value is -2.12. The Kier molecular flexibility index (Phi) is 5.24. The van der Waals surface area contributed by atoms with Gasteiger partial charge in [0.2, 0.25) is 0 Å². The first-order valence-corrected chi connectivity index (χ1v) is 9.21. The van der Waals surface area contributed by atoms with Gasteiger partial charge in [0, 0.05) is 13.0 Å². The third-order valence-corrected chi connectivity index (χ3v) is 5.17. The number of nitrogens with zero attached hydrogens (tertiary/aromatic N) is 2. The Labute approximate surface area is 151 Å². The number of piperidine rings is 1. The molecule has 2 aromatic rings. The lowest BCUT2D eigenvalue weighted by Gasteiger charge is -2.35. The molecule has 0 unspecified atom stereocenters. The number of ether oxygens (including phenoxy) is 1. The number of anilines is 1. The van der Waals surface area contributed by atoms with Crippen LogP contribution in [0.4, 0.5) is 5.13 Å². The van der Waals surface area contributed by atoms with Gasteiger partial charge in [0.05, 0.1) is 12.7 Å². The first kappa shape index (κ1) is 17.7. The largest absolute Gasteiger partial charge is 0.488 e. The SMILES string of the molecule is CC(C)c1cccc(O[C@@H]2CCN(C(=O)c3cnc(N)s3)C[C@H]2O)c1. The maximum Gasteiger partial charge on any atom is 0.265 e. The molecule has 3 rings (SSSR count). The minimum absolute atomic E-state index is 0.145. The minimum Gasteiger partial charge on any atom is -0.488 e. The first-order chi connectivity index (χ1) is 11.9. The van der Waals surface area contributed by atoms with E-state index in [4.69, 9.17) is 10.5 Å². The average molecular weight is 361 g/mol. The number of carbonyl (C=O) groups is 1. The number of rotatable bonds is 4. The van der Waals surface area contributed by atoms with E-state index in [-0.39, 0.29) is 18.6 Å². The van der Waals surface area contributed by atoms with E-state index in [1.54, 1.807) is 4.90 Å². The zero-order chi connectivity index (χ0) is 18.0. The second kappa shape index (κ2) is 7.41. The van der Waals surface area contributed by atoms with Crippen molar-refractivity contribution in [2.45, 2.75) is 38.4 Å². The van der Waals surface area contributed by atoms with Crippen LogP contribution >= 0.6 is 11.3 Å². The summed E-state index contributed by atoms with van der Waals surface area (Å²) in [4.78, 5) is 18.5. The van der Waals surface area contributed by atoms with Crippen molar-refractivity contribution in [1.29, 1.82) is 0 Å². The van der Waals surface area contributed by atoms with Crippen LogP contribution < -0.4 is 10.5 Å². The van der Waals surface area contributed by atoms with Gasteiger partial charge in [-0.2, -0.15) is 0 Å². The summed E-state index contributed by atoms with van der Waals surface area (Å²) in [7, 11) is 0. The average Bonchev–Trinajstić information content (AvgIpc) is 3.02. The molecule has 25 heavy (non-hydrogen) atoms. The number of hydrogen-bond donors (Lipinski definition) is 2. The summed E-state index contributed by atoms with van der Waals surface area (Å²) in [6.07, 6.45) is 1.01. The van der Waals surface area contributed by atoms with Crippen LogP contribution in [-0.4, -0.2) is 46.2 Å². The van der Waals surface area contributed by atoms with Crippen molar-refractivity contribution in [3.05, 3.63) is 40.9 Å². The van der Waals surface area contributed by atoms with E-state index in [9.17, 15) is 9.90 Å². The van der Waals surface area contributed by atoms with Crippen LogP contribution in [-0.2, 0) is 0 Å². The molecule has 1 amide bonds. The molecule has 1 aromatic carbocycles. The number of aliphatic hydroxyl groups excluding tert-OH is 1. The van der Waals surface area contributed by atoms with Gasteiger partial charge in [0.1, 0.15) is 22.8 Å². The van der Waals surface area contributed by atoms with Crippen LogP contribution in [0.15, 0.2) is 30.5 Å². The Bertz CT molecular complexity index is 747. The van der Waals surface area contributed by atoms with Crippen molar-refractivity contribution in [3.8, 4) is 5.75 Å². The summed E-state index contributed by atoms with van der Waals surface area (Å²) < 4.78 is 5.98. The van der Waals surface area contributed by atoms with Gasteiger partial charge in [0.25, 0.3) is 5.91 Å². The first-order valence-electron chi connectivity index (χ1n) is 8.39. The molecule has 134 valence electrons. The molecule has 1 fully saturated rings. The summed E-state index contributed by atoms with van der Waals surface area (Å²) in [5.41, 5.74) is 6.78. The molecule has 1 aromatic heterocycles. The molecule has 3 N–H and O–H groups in total. The van der Waals surface area contributed by atoms with Gasteiger partial charge < -0.3 is 20.5 Å². The normalized spacial score (nSPS) is 20.7. The highest BCUT2D eigenvalue weighted by molar-refractivity contribution is 7.17. The highest BCUT2D eigenvalue weighted by atomic mass is 32.1. The molecule has 1 aliphatic rings. The summed E-state index contributed by atoms with van der Waals surface area (Å²) in [5.74, 6) is 1.03. The standard InChI is InChI=1S/C18H23N3O3S/c1-11(2)12-4-3-5-13(8-12)24-15-6-7-21(10-14(15)22)17(23)16-9-20-18(19)25-16/h3-5,8-9,11,14-15,22H,6-7,10H2,1-2H3,(H2,19,20)/t14-,15-/m1/s1. The Morgan fingerprint density at radius 3 is 2.92 bits per heavy atom. The molecule has 0 saturated carbocycles. The van der Waals surface area contributed by atoms with E-state index >= 15 is 0 Å². The Morgan fingerprint density at radius 1 is 1.48 bits per heavy atom. The zero-order valence-electron chi connectivity index (χ0n) is 14.4. The molecule has 0 radical (unpaired) electrons. The topological polar surface area (TPSA) is 88.7 Å². The van der Waals surface area contributed by atoms with Crippen LogP contribution in [0.2, 0.25) is 0 Å². The number of aromatic nitrogens is 1. The van der Waals surface area contributed by atoms with Gasteiger partial charge in [-0.15, -0.1) is 0 Å². The number of carbonyl (C=O) groups excluding carboxylic acids is 1. The number of thiazole rings is 1. The van der Waals surface area contributed by atoms with Gasteiger partial charge in [-0.25, -0.2) is 4.98 Å². The van der Waals surface area contributed by atoms with Crippen molar-refractivity contribution in [2.75, 3.05) is 18.8 Å². The van der Waals surface area contributed by atoms with E-state index < -0.39 is 6.10 Å². The second-order valence-corrected chi connectivity index (χ2v) is 7.62. The van der Waals surface area contributed by atoms with Crippen molar-refractivity contribution in [3.63, 3.8) is 0 Å². The third-order valence-electron chi connectivity index (χ3n) is 4.35. The fourth-order valence-electron chi connectivity index (χ4n) is 2.90. The number of hydrogen-bond acceptors (Lipinski definition) is 6. The molecule has 1 aliphatic heterocycles. The number of nitrogens with two attached hydrogens (primary N) is 1. The predicted octanol–water partition coefficient (Wildman–Crippen LogP) is 2.50. The highest BCUT2D eigenvalue weighted by Gasteiger charge is 2.32. The van der Waals surface area contributed by atoms with Crippen LogP contribution in [0.25, 0.3) is 0 Å². The Morgan fingerprint density at radius 2 is 2.28 bits per heavy atom. The molecule has 1 saturated heterocycles. The number of amides is 1. The lowest BCUT2D eigenvalue weighted by atomic mass is 10.0. The van der Waals surface area contributed by atoms with Gasteiger partial charge in [-0.1, -0.05) is 37.3 Å². The van der Waals surface area contributed by atoms with E-state index in [1.807, 2.05) is 18.2 Å². The molecule has 7 heteroatoms. The fourth-order valence-corrected chi connectivity index (χ4v) is 3.55. The predicted molar refractivity (Wildman–Crippen MR) is 98.0 cm³/mol. The van der Waals surface area contributed by atoms with E-state index in [2.05, 4.69) is 24.9 Å². The number of aliphatic hydroxyl groups is 1. The minimum atomic E-state index is -0.731. The monoisotopic (exact) mass is 361 g/mol. The van der Waals surface area contributed by atoms with Crippen LogP contribution in [0.5, 0.6) is 5.75 Å². The van der Waals surface area contributed by atoms with Gasteiger partial charge >= 0.3 is 0 Å². The van der Waals surface area contributed by atoms with Crippen molar-refractivity contribution < 1.29 is 14.6 Å². The zero-order valence-corrected chi connectivity index (χ0v) is 15.2. The maximum atomic E-state index is 12.4. The molecule has 2 atom stereocenters. The maximum absolute atomic E-state index is 12.4. The molecular formula is C18H23N3O3S. The third kappa shape index (κ3) is 4.11. The lowest BCUT2D eigenvalue weighted by molar-refractivity contribution is -0.0197. The Balaban J connectivity index is 1.62. The summed E-state index contributed by atoms with van der Waals surface area (Å²) in [6, 6.07) is 7.94. The van der Waals surface area contributed by atoms with Gasteiger partial charge in [0.15, 0.2) is 5.13 Å². The van der Waals surface area contributed by atoms with E-state index in [0.717, 1.165) is 17.1 Å². The molecule has 6 nitrogen and oxygen atoms in total. The summed E-state index contributed by atoms with van der Waals surface area (Å²) in [5, 5.41) is 10.8. The lowest BCUT2D eigenvalue weighted by Crippen LogP contribution is -2.50. The number of likely N-dealkylation sites (tertiary alicyclic amines) is 1. The number of benzene rings is 1. The fraction of sp³-hybridized carbons (Fsp3) is 0.444. The molecular weight excluding hydrogens is 338 g/mol. The van der Waals surface area contributed by atoms with Gasteiger partial charge in [-0.05, 0) is 23.6 Å². The smallest absolute Gasteiger partial charge is 0.265 e. The second-order valence-electron chi connectivity index (χ2n) is 6.55.